The first kappa shape index (κ1) is 80.2. The fourth-order valence-electron chi connectivity index (χ4n) is 11.9. The molecule has 1 rings (SSSR count). The lowest BCUT2D eigenvalue weighted by Crippen LogP contribution is -2.60. The third kappa shape index (κ3) is 52.1. The van der Waals surface area contributed by atoms with E-state index >= 15 is 0 Å². The Morgan fingerprint density at radius 1 is 0.405 bits per heavy atom. The van der Waals surface area contributed by atoms with Crippen LogP contribution in [-0.2, 0) is 14.3 Å². The van der Waals surface area contributed by atoms with Gasteiger partial charge in [-0.05, 0) is 64.2 Å². The normalized spacial score (nSPS) is 18.4. The lowest BCUT2D eigenvalue weighted by molar-refractivity contribution is -0.302. The summed E-state index contributed by atoms with van der Waals surface area (Å²) < 4.78 is 11.3. The number of rotatable bonds is 65. The monoisotopic (exact) mass is 1180 g/mol. The van der Waals surface area contributed by atoms with Gasteiger partial charge in [0.15, 0.2) is 6.29 Å². The second-order valence-corrected chi connectivity index (χ2v) is 25.7. The standard InChI is InChI=1S/C75H141NO8/c1-3-5-7-9-11-13-15-17-19-21-23-25-26-27-28-29-30-31-32-33-34-35-36-37-38-39-40-41-42-43-44-45-47-49-51-53-55-57-59-61-63-65-71(79)76-68(67-83-75-74(82)73(81)72(80)70(66-77)84-75)69(78)64-62-60-58-56-54-52-50-48-46-24-22-20-18-16-14-12-10-8-6-4-2/h15,17,21,23,54,56,62,64,68-70,72-75,77-78,80-82H,3-14,16,18-20,22,24-53,55,57-61,63,65-67H2,1-2H3,(H,76,79)/b17-15-,23-21-,56-54+,64-62+. The highest BCUT2D eigenvalue weighted by molar-refractivity contribution is 5.76. The first-order valence-corrected chi connectivity index (χ1v) is 36.9. The number of carbonyl (C=O) groups is 1. The Bertz CT molecular complexity index is 1470. The summed E-state index contributed by atoms with van der Waals surface area (Å²) >= 11 is 0. The van der Waals surface area contributed by atoms with Gasteiger partial charge in [-0.2, -0.15) is 0 Å². The minimum atomic E-state index is -1.57. The van der Waals surface area contributed by atoms with Crippen LogP contribution < -0.4 is 5.32 Å². The summed E-state index contributed by atoms with van der Waals surface area (Å²) in [4.78, 5) is 13.1. The first-order chi connectivity index (χ1) is 41.3. The Balaban J connectivity index is 2.04. The van der Waals surface area contributed by atoms with Crippen LogP contribution in [0.4, 0.5) is 0 Å². The van der Waals surface area contributed by atoms with Crippen molar-refractivity contribution in [1.82, 2.24) is 5.32 Å². The molecule has 1 aliphatic heterocycles. The van der Waals surface area contributed by atoms with E-state index in [1.54, 1.807) is 6.08 Å². The third-order valence-electron chi connectivity index (χ3n) is 17.6. The van der Waals surface area contributed by atoms with E-state index in [1.165, 1.54) is 302 Å². The molecule has 0 saturated carbocycles. The van der Waals surface area contributed by atoms with Gasteiger partial charge in [-0.1, -0.05) is 345 Å². The summed E-state index contributed by atoms with van der Waals surface area (Å²) in [6, 6.07) is -0.821. The third-order valence-corrected chi connectivity index (χ3v) is 17.6. The molecule has 0 aliphatic carbocycles. The van der Waals surface area contributed by atoms with Crippen molar-refractivity contribution in [2.45, 2.75) is 410 Å². The van der Waals surface area contributed by atoms with Crippen molar-refractivity contribution < 1.29 is 39.8 Å². The number of allylic oxidation sites excluding steroid dienone is 7. The van der Waals surface area contributed by atoms with Crippen molar-refractivity contribution in [1.29, 1.82) is 0 Å². The summed E-state index contributed by atoms with van der Waals surface area (Å²) in [5.74, 6) is -0.179. The van der Waals surface area contributed by atoms with Crippen LogP contribution in [0.5, 0.6) is 0 Å². The molecule has 7 unspecified atom stereocenters. The molecule has 0 aromatic carbocycles. The lowest BCUT2D eigenvalue weighted by Gasteiger charge is -2.40. The van der Waals surface area contributed by atoms with Gasteiger partial charge < -0.3 is 40.3 Å². The molecule has 1 saturated heterocycles. The highest BCUT2D eigenvalue weighted by Gasteiger charge is 2.44. The minimum absolute atomic E-state index is 0.179. The van der Waals surface area contributed by atoms with Gasteiger partial charge in [0, 0.05) is 6.42 Å². The Morgan fingerprint density at radius 3 is 1.07 bits per heavy atom. The van der Waals surface area contributed by atoms with E-state index in [-0.39, 0.29) is 12.5 Å². The molecule has 84 heavy (non-hydrogen) atoms. The number of unbranched alkanes of at least 4 members (excludes halogenated alkanes) is 49. The van der Waals surface area contributed by atoms with E-state index in [1.807, 2.05) is 6.08 Å². The lowest BCUT2D eigenvalue weighted by atomic mass is 9.99. The molecule has 0 spiro atoms. The van der Waals surface area contributed by atoms with Gasteiger partial charge in [-0.25, -0.2) is 0 Å². The number of ether oxygens (including phenoxy) is 2. The molecule has 1 fully saturated rings. The highest BCUT2D eigenvalue weighted by atomic mass is 16.7. The number of aliphatic hydroxyl groups is 5. The maximum atomic E-state index is 13.1. The van der Waals surface area contributed by atoms with E-state index in [4.69, 9.17) is 9.47 Å². The maximum Gasteiger partial charge on any atom is 0.220 e. The maximum absolute atomic E-state index is 13.1. The molecule has 1 amide bonds. The molecule has 1 heterocycles. The topological polar surface area (TPSA) is 149 Å². The van der Waals surface area contributed by atoms with Crippen LogP contribution in [0.3, 0.4) is 0 Å². The van der Waals surface area contributed by atoms with Crippen molar-refractivity contribution in [2.75, 3.05) is 13.2 Å². The molecule has 0 radical (unpaired) electrons. The van der Waals surface area contributed by atoms with E-state index in [0.29, 0.717) is 6.42 Å². The zero-order valence-electron chi connectivity index (χ0n) is 55.4. The van der Waals surface area contributed by atoms with Crippen LogP contribution in [0.1, 0.15) is 367 Å². The van der Waals surface area contributed by atoms with Crippen molar-refractivity contribution in [3.8, 4) is 0 Å². The SMILES string of the molecule is CCCCCCC/C=C\C/C=C\CCCCCCCCCCCCCCCCCCCCCCCCCCCCCCCC(=O)NC(COC1OC(CO)C(O)C(O)C1O)C(O)/C=C/CC/C=C/CCCCCCCCCCCCCCCC. The van der Waals surface area contributed by atoms with Crippen LogP contribution in [0, 0.1) is 0 Å². The Kier molecular flexibility index (Phi) is 61.2. The molecule has 7 atom stereocenters. The number of hydrogen-bond donors (Lipinski definition) is 6. The molecule has 0 aromatic rings. The number of carbonyl (C=O) groups excluding carboxylic acids is 1. The molecule has 494 valence electrons. The van der Waals surface area contributed by atoms with Gasteiger partial charge in [-0.15, -0.1) is 0 Å². The van der Waals surface area contributed by atoms with Gasteiger partial charge in [0.25, 0.3) is 0 Å². The Morgan fingerprint density at radius 2 is 0.714 bits per heavy atom. The zero-order chi connectivity index (χ0) is 60.7. The van der Waals surface area contributed by atoms with Gasteiger partial charge >= 0.3 is 0 Å². The van der Waals surface area contributed by atoms with Crippen LogP contribution in [0.25, 0.3) is 0 Å². The van der Waals surface area contributed by atoms with E-state index < -0.39 is 49.5 Å². The minimum Gasteiger partial charge on any atom is -0.394 e. The fraction of sp³-hybridized carbons (Fsp3) is 0.880. The second-order valence-electron chi connectivity index (χ2n) is 25.7. The number of hydrogen-bond acceptors (Lipinski definition) is 8. The largest absolute Gasteiger partial charge is 0.394 e. The van der Waals surface area contributed by atoms with E-state index in [2.05, 4.69) is 55.6 Å². The van der Waals surface area contributed by atoms with Crippen molar-refractivity contribution >= 4 is 5.91 Å². The second kappa shape index (κ2) is 64.1. The number of nitrogens with one attached hydrogen (secondary N) is 1. The fourth-order valence-corrected chi connectivity index (χ4v) is 11.9. The summed E-state index contributed by atoms with van der Waals surface area (Å²) in [5.41, 5.74) is 0. The molecule has 9 nitrogen and oxygen atoms in total. The molecular weight excluding hydrogens is 1040 g/mol. The van der Waals surface area contributed by atoms with Crippen molar-refractivity contribution in [2.24, 2.45) is 0 Å². The van der Waals surface area contributed by atoms with Crippen LogP contribution in [-0.4, -0.2) is 87.5 Å². The molecule has 6 N–H and O–H groups in total. The number of amides is 1. The predicted molar refractivity (Wildman–Crippen MR) is 359 cm³/mol. The van der Waals surface area contributed by atoms with Gasteiger partial charge in [0.2, 0.25) is 5.91 Å². The molecule has 0 bridgehead atoms. The van der Waals surface area contributed by atoms with Crippen molar-refractivity contribution in [3.63, 3.8) is 0 Å². The average Bonchev–Trinajstić information content (AvgIpc) is 3.70. The van der Waals surface area contributed by atoms with E-state index in [0.717, 1.165) is 44.9 Å². The molecular formula is C75H141NO8. The average molecular weight is 1180 g/mol. The van der Waals surface area contributed by atoms with Crippen LogP contribution in [0.2, 0.25) is 0 Å². The van der Waals surface area contributed by atoms with Crippen molar-refractivity contribution in [3.05, 3.63) is 48.6 Å². The summed E-state index contributed by atoms with van der Waals surface area (Å²) in [7, 11) is 0. The zero-order valence-corrected chi connectivity index (χ0v) is 55.4. The molecule has 9 heteroatoms. The van der Waals surface area contributed by atoms with Crippen LogP contribution >= 0.6 is 0 Å². The smallest absolute Gasteiger partial charge is 0.220 e. The summed E-state index contributed by atoms with van der Waals surface area (Å²) in [6.07, 6.45) is 81.1. The quantitative estimate of drug-likeness (QED) is 0.0261. The van der Waals surface area contributed by atoms with Gasteiger partial charge in [0.1, 0.15) is 24.4 Å². The van der Waals surface area contributed by atoms with Crippen LogP contribution in [0.15, 0.2) is 48.6 Å². The summed E-state index contributed by atoms with van der Waals surface area (Å²) in [6.45, 7) is 3.80. The van der Waals surface area contributed by atoms with E-state index in [9.17, 15) is 30.3 Å². The van der Waals surface area contributed by atoms with Gasteiger partial charge in [0.05, 0.1) is 25.4 Å². The molecule has 1 aliphatic rings. The Hall–Kier alpha value is -1.85. The van der Waals surface area contributed by atoms with Gasteiger partial charge in [-0.3, -0.25) is 4.79 Å². The molecule has 0 aromatic heterocycles. The number of aliphatic hydroxyl groups excluding tert-OH is 5. The first-order valence-electron chi connectivity index (χ1n) is 36.9. The highest BCUT2D eigenvalue weighted by Crippen LogP contribution is 2.23. The predicted octanol–water partition coefficient (Wildman–Crippen LogP) is 20.4. The Labute approximate surface area is 520 Å². The summed E-state index contributed by atoms with van der Waals surface area (Å²) in [5, 5.41) is 54.7.